The predicted molar refractivity (Wildman–Crippen MR) is 73.6 cm³/mol. The van der Waals surface area contributed by atoms with E-state index in [1.165, 1.54) is 31.2 Å². The molecule has 0 spiro atoms. The Balaban J connectivity index is 1.40. The van der Waals surface area contributed by atoms with Crippen LogP contribution in [-0.4, -0.2) is 23.8 Å². The summed E-state index contributed by atoms with van der Waals surface area (Å²) in [6.07, 6.45) is 5.86. The summed E-state index contributed by atoms with van der Waals surface area (Å²) in [7, 11) is 0. The third-order valence-electron chi connectivity index (χ3n) is 4.70. The van der Waals surface area contributed by atoms with Crippen molar-refractivity contribution in [2.24, 2.45) is 5.92 Å². The number of rotatable bonds is 4. The first-order chi connectivity index (χ1) is 8.83. The molecule has 2 nitrogen and oxygen atoms in total. The molecular formula is C16H23NO. The van der Waals surface area contributed by atoms with Gasteiger partial charge in [0.2, 0.25) is 0 Å². The molecule has 2 N–H and O–H groups in total. The molecule has 18 heavy (non-hydrogen) atoms. The molecule has 2 fully saturated rings. The van der Waals surface area contributed by atoms with Crippen LogP contribution >= 0.6 is 0 Å². The van der Waals surface area contributed by atoms with Gasteiger partial charge < -0.3 is 10.4 Å². The van der Waals surface area contributed by atoms with Gasteiger partial charge in [-0.2, -0.15) is 0 Å². The summed E-state index contributed by atoms with van der Waals surface area (Å²) in [5.41, 5.74) is 1.48. The summed E-state index contributed by atoms with van der Waals surface area (Å²) in [5, 5.41) is 13.4. The van der Waals surface area contributed by atoms with Crippen molar-refractivity contribution in [1.29, 1.82) is 0 Å². The maximum Gasteiger partial charge on any atom is 0.0580 e. The Kier molecular flexibility index (Phi) is 3.67. The van der Waals surface area contributed by atoms with Gasteiger partial charge in [0.05, 0.1) is 6.10 Å². The highest BCUT2D eigenvalue weighted by Gasteiger charge is 2.31. The number of aliphatic hydroxyl groups excluding tert-OH is 1. The van der Waals surface area contributed by atoms with E-state index in [0.717, 1.165) is 18.9 Å². The second kappa shape index (κ2) is 5.41. The highest BCUT2D eigenvalue weighted by atomic mass is 16.3. The van der Waals surface area contributed by atoms with Crippen molar-refractivity contribution in [3.8, 4) is 0 Å². The SMILES string of the molecule is OC1CCCC1CNC1CC(c2ccccc2)C1. The number of aliphatic hydroxyl groups is 1. The maximum absolute atomic E-state index is 9.78. The van der Waals surface area contributed by atoms with Crippen LogP contribution in [0.1, 0.15) is 43.6 Å². The lowest BCUT2D eigenvalue weighted by atomic mass is 9.76. The van der Waals surface area contributed by atoms with Crippen LogP contribution in [0.2, 0.25) is 0 Å². The molecule has 0 aromatic heterocycles. The van der Waals surface area contributed by atoms with Crippen molar-refractivity contribution in [1.82, 2.24) is 5.32 Å². The van der Waals surface area contributed by atoms with E-state index in [2.05, 4.69) is 35.6 Å². The smallest absolute Gasteiger partial charge is 0.0580 e. The third kappa shape index (κ3) is 2.60. The first kappa shape index (κ1) is 12.2. The van der Waals surface area contributed by atoms with Crippen molar-refractivity contribution in [3.63, 3.8) is 0 Å². The van der Waals surface area contributed by atoms with Crippen LogP contribution in [-0.2, 0) is 0 Å². The Bertz CT molecular complexity index is 372. The Morgan fingerprint density at radius 3 is 2.56 bits per heavy atom. The molecule has 2 aliphatic carbocycles. The molecule has 2 unspecified atom stereocenters. The van der Waals surface area contributed by atoms with E-state index in [1.54, 1.807) is 0 Å². The van der Waals surface area contributed by atoms with Crippen LogP contribution in [0.15, 0.2) is 30.3 Å². The molecule has 2 heteroatoms. The Labute approximate surface area is 109 Å². The largest absolute Gasteiger partial charge is 0.393 e. The van der Waals surface area contributed by atoms with Crippen molar-refractivity contribution in [3.05, 3.63) is 35.9 Å². The topological polar surface area (TPSA) is 32.3 Å². The van der Waals surface area contributed by atoms with E-state index < -0.39 is 0 Å². The summed E-state index contributed by atoms with van der Waals surface area (Å²) < 4.78 is 0. The normalized spacial score (nSPS) is 35.4. The summed E-state index contributed by atoms with van der Waals surface area (Å²) in [5.74, 6) is 1.25. The standard InChI is InChI=1S/C16H23NO/c18-16-8-4-7-13(16)11-17-15-9-14(10-15)12-5-2-1-3-6-12/h1-3,5-6,13-18H,4,7-11H2. The van der Waals surface area contributed by atoms with Crippen LogP contribution < -0.4 is 5.32 Å². The predicted octanol–water partition coefficient (Wildman–Crippen LogP) is 2.68. The van der Waals surface area contributed by atoms with Gasteiger partial charge in [-0.25, -0.2) is 0 Å². The van der Waals surface area contributed by atoms with Gasteiger partial charge in [-0.3, -0.25) is 0 Å². The van der Waals surface area contributed by atoms with E-state index in [0.29, 0.717) is 12.0 Å². The van der Waals surface area contributed by atoms with Gasteiger partial charge in [-0.05, 0) is 43.1 Å². The monoisotopic (exact) mass is 245 g/mol. The minimum Gasteiger partial charge on any atom is -0.393 e. The average Bonchev–Trinajstić information content (AvgIpc) is 2.74. The van der Waals surface area contributed by atoms with Gasteiger partial charge in [-0.1, -0.05) is 36.8 Å². The maximum atomic E-state index is 9.78. The molecule has 0 bridgehead atoms. The Morgan fingerprint density at radius 1 is 1.11 bits per heavy atom. The second-order valence-corrected chi connectivity index (χ2v) is 5.94. The minimum absolute atomic E-state index is 0.0532. The van der Waals surface area contributed by atoms with Crippen molar-refractivity contribution in [2.45, 2.75) is 50.2 Å². The van der Waals surface area contributed by atoms with Crippen LogP contribution in [0.25, 0.3) is 0 Å². The molecule has 98 valence electrons. The molecule has 0 aliphatic heterocycles. The highest BCUT2D eigenvalue weighted by Crippen LogP contribution is 2.37. The summed E-state index contributed by atoms with van der Waals surface area (Å²) >= 11 is 0. The third-order valence-corrected chi connectivity index (χ3v) is 4.70. The average molecular weight is 245 g/mol. The first-order valence-corrected chi connectivity index (χ1v) is 7.29. The van der Waals surface area contributed by atoms with Gasteiger partial charge in [0, 0.05) is 12.6 Å². The van der Waals surface area contributed by atoms with Gasteiger partial charge in [0.15, 0.2) is 0 Å². The van der Waals surface area contributed by atoms with Crippen LogP contribution in [0.4, 0.5) is 0 Å². The molecule has 2 atom stereocenters. The quantitative estimate of drug-likeness (QED) is 0.855. The Morgan fingerprint density at radius 2 is 1.89 bits per heavy atom. The fourth-order valence-electron chi connectivity index (χ4n) is 3.36. The zero-order valence-corrected chi connectivity index (χ0v) is 10.9. The van der Waals surface area contributed by atoms with Crippen molar-refractivity contribution < 1.29 is 5.11 Å². The molecule has 1 aromatic carbocycles. The molecule has 0 radical (unpaired) electrons. The van der Waals surface area contributed by atoms with E-state index in [9.17, 15) is 5.11 Å². The molecule has 3 rings (SSSR count). The lowest BCUT2D eigenvalue weighted by molar-refractivity contribution is 0.125. The van der Waals surface area contributed by atoms with Gasteiger partial charge in [0.25, 0.3) is 0 Å². The van der Waals surface area contributed by atoms with Crippen LogP contribution in [0, 0.1) is 5.92 Å². The van der Waals surface area contributed by atoms with E-state index in [-0.39, 0.29) is 6.10 Å². The molecule has 0 saturated heterocycles. The number of benzene rings is 1. The van der Waals surface area contributed by atoms with Gasteiger partial charge in [0.1, 0.15) is 0 Å². The summed E-state index contributed by atoms with van der Waals surface area (Å²) in [6, 6.07) is 11.5. The molecule has 1 aromatic rings. The van der Waals surface area contributed by atoms with Crippen LogP contribution in [0.5, 0.6) is 0 Å². The molecular weight excluding hydrogens is 222 g/mol. The minimum atomic E-state index is -0.0532. The summed E-state index contributed by atoms with van der Waals surface area (Å²) in [4.78, 5) is 0. The van der Waals surface area contributed by atoms with Gasteiger partial charge in [-0.15, -0.1) is 0 Å². The summed E-state index contributed by atoms with van der Waals surface area (Å²) in [6.45, 7) is 1.01. The fraction of sp³-hybridized carbons (Fsp3) is 0.625. The molecule has 2 aliphatic rings. The van der Waals surface area contributed by atoms with E-state index in [4.69, 9.17) is 0 Å². The second-order valence-electron chi connectivity index (χ2n) is 5.94. The zero-order valence-electron chi connectivity index (χ0n) is 10.9. The van der Waals surface area contributed by atoms with E-state index >= 15 is 0 Å². The van der Waals surface area contributed by atoms with E-state index in [1.807, 2.05) is 0 Å². The van der Waals surface area contributed by atoms with Gasteiger partial charge >= 0.3 is 0 Å². The first-order valence-electron chi connectivity index (χ1n) is 7.29. The number of hydrogen-bond donors (Lipinski definition) is 2. The highest BCUT2D eigenvalue weighted by molar-refractivity contribution is 5.22. The number of nitrogens with one attached hydrogen (secondary N) is 1. The Hall–Kier alpha value is -0.860. The molecule has 2 saturated carbocycles. The molecule has 0 amide bonds. The van der Waals surface area contributed by atoms with Crippen molar-refractivity contribution in [2.75, 3.05) is 6.54 Å². The lowest BCUT2D eigenvalue weighted by Gasteiger charge is -2.37. The van der Waals surface area contributed by atoms with Crippen molar-refractivity contribution >= 4 is 0 Å². The molecule has 0 heterocycles. The zero-order chi connectivity index (χ0) is 12.4. The fourth-order valence-corrected chi connectivity index (χ4v) is 3.36. The van der Waals surface area contributed by atoms with Crippen LogP contribution in [0.3, 0.4) is 0 Å². The number of hydrogen-bond acceptors (Lipinski definition) is 2. The lowest BCUT2D eigenvalue weighted by Crippen LogP contribution is -2.43.